The van der Waals surface area contributed by atoms with E-state index in [1.165, 1.54) is 25.8 Å². The van der Waals surface area contributed by atoms with Crippen molar-refractivity contribution in [3.63, 3.8) is 0 Å². The van der Waals surface area contributed by atoms with Crippen LogP contribution in [0.5, 0.6) is 0 Å². The number of rotatable bonds is 5. The van der Waals surface area contributed by atoms with Crippen molar-refractivity contribution in [3.8, 4) is 0 Å². The monoisotopic (exact) mass is 370 g/mol. The summed E-state index contributed by atoms with van der Waals surface area (Å²) in [6.45, 7) is 10.0. The lowest BCUT2D eigenvalue weighted by atomic mass is 9.97. The van der Waals surface area contributed by atoms with Crippen LogP contribution in [-0.2, 0) is 6.54 Å². The summed E-state index contributed by atoms with van der Waals surface area (Å²) in [7, 11) is 0. The molecule has 0 aromatic carbocycles. The van der Waals surface area contributed by atoms with E-state index < -0.39 is 0 Å². The highest BCUT2D eigenvalue weighted by atomic mass is 16.2. The van der Waals surface area contributed by atoms with Crippen molar-refractivity contribution < 1.29 is 4.79 Å². The van der Waals surface area contributed by atoms with E-state index in [-0.39, 0.29) is 5.91 Å². The average Bonchev–Trinajstić information content (AvgIpc) is 3.25. The smallest absolute Gasteiger partial charge is 0.274 e. The van der Waals surface area contributed by atoms with Gasteiger partial charge in [-0.05, 0) is 32.4 Å². The molecule has 2 fully saturated rings. The minimum absolute atomic E-state index is 0.0353. The number of nitrogens with one attached hydrogen (secondary N) is 1. The molecule has 27 heavy (non-hydrogen) atoms. The van der Waals surface area contributed by atoms with Crippen LogP contribution in [0, 0.1) is 0 Å². The average molecular weight is 371 g/mol. The second-order valence-electron chi connectivity index (χ2n) is 8.29. The third kappa shape index (κ3) is 3.65. The first-order valence-electron chi connectivity index (χ1n) is 10.1. The van der Waals surface area contributed by atoms with Gasteiger partial charge in [0.25, 0.3) is 5.91 Å². The molecule has 2 aliphatic rings. The number of carbonyl (C=O) groups excluding carboxylic acids is 1. The molecule has 2 saturated heterocycles. The van der Waals surface area contributed by atoms with E-state index in [0.717, 1.165) is 24.6 Å². The summed E-state index contributed by atoms with van der Waals surface area (Å²) < 4.78 is 2.10. The van der Waals surface area contributed by atoms with Crippen LogP contribution in [0.2, 0.25) is 0 Å². The highest BCUT2D eigenvalue weighted by Crippen LogP contribution is 2.25. The van der Waals surface area contributed by atoms with Crippen LogP contribution in [0.3, 0.4) is 0 Å². The number of aromatic nitrogens is 4. The first-order chi connectivity index (χ1) is 13.0. The second kappa shape index (κ2) is 7.46. The molecule has 0 unspecified atom stereocenters. The van der Waals surface area contributed by atoms with E-state index in [1.807, 2.05) is 23.4 Å². The van der Waals surface area contributed by atoms with Gasteiger partial charge in [-0.1, -0.05) is 20.3 Å². The minimum Gasteiger partial charge on any atom is -0.334 e. The lowest BCUT2D eigenvalue weighted by molar-refractivity contribution is 0.00181. The summed E-state index contributed by atoms with van der Waals surface area (Å²) in [6.07, 6.45) is 7.68. The molecule has 2 aromatic rings. The summed E-state index contributed by atoms with van der Waals surface area (Å²) in [5.41, 5.74) is 1.45. The van der Waals surface area contributed by atoms with Crippen LogP contribution in [0.4, 0.5) is 0 Å². The van der Waals surface area contributed by atoms with Crippen LogP contribution in [0.15, 0.2) is 18.5 Å². The molecule has 4 rings (SSSR count). The van der Waals surface area contributed by atoms with Gasteiger partial charge in [0, 0.05) is 43.5 Å². The van der Waals surface area contributed by atoms with Crippen molar-refractivity contribution in [2.45, 2.75) is 64.6 Å². The van der Waals surface area contributed by atoms with Crippen molar-refractivity contribution >= 4 is 5.91 Å². The maximum atomic E-state index is 12.7. The SMILES string of the molecule is CC(C)c1nccn1Cc1cc(C(=O)N2CC(N3CCCC[C@H]3C)C2)n[nH]1. The van der Waals surface area contributed by atoms with Crippen LogP contribution in [0.25, 0.3) is 0 Å². The Kier molecular flexibility index (Phi) is 5.04. The number of imidazole rings is 1. The van der Waals surface area contributed by atoms with Crippen LogP contribution >= 0.6 is 0 Å². The number of piperidine rings is 1. The predicted molar refractivity (Wildman–Crippen MR) is 104 cm³/mol. The molecular formula is C20H30N6O. The Morgan fingerprint density at radius 2 is 2.15 bits per heavy atom. The Labute approximate surface area is 160 Å². The molecule has 1 atom stereocenters. The molecular weight excluding hydrogens is 340 g/mol. The Bertz CT molecular complexity index is 788. The van der Waals surface area contributed by atoms with E-state index >= 15 is 0 Å². The van der Waals surface area contributed by atoms with Gasteiger partial charge in [0.1, 0.15) is 11.5 Å². The van der Waals surface area contributed by atoms with Gasteiger partial charge in [-0.3, -0.25) is 14.8 Å². The van der Waals surface area contributed by atoms with Gasteiger partial charge in [0.05, 0.1) is 12.2 Å². The summed E-state index contributed by atoms with van der Waals surface area (Å²) in [5, 5.41) is 7.28. The van der Waals surface area contributed by atoms with E-state index in [9.17, 15) is 4.79 Å². The highest BCUT2D eigenvalue weighted by molar-refractivity contribution is 5.93. The maximum absolute atomic E-state index is 12.7. The topological polar surface area (TPSA) is 70.1 Å². The Morgan fingerprint density at radius 1 is 1.33 bits per heavy atom. The molecule has 4 heterocycles. The normalized spacial score (nSPS) is 21.6. The zero-order valence-electron chi connectivity index (χ0n) is 16.6. The van der Waals surface area contributed by atoms with Crippen LogP contribution < -0.4 is 0 Å². The van der Waals surface area contributed by atoms with E-state index in [4.69, 9.17) is 0 Å². The van der Waals surface area contributed by atoms with Crippen molar-refractivity contribution in [2.75, 3.05) is 19.6 Å². The molecule has 7 heteroatoms. The third-order valence-corrected chi connectivity index (χ3v) is 5.93. The van der Waals surface area contributed by atoms with Gasteiger partial charge in [0.2, 0.25) is 0 Å². The molecule has 1 amide bonds. The van der Waals surface area contributed by atoms with Crippen molar-refractivity contribution in [1.29, 1.82) is 0 Å². The molecule has 2 aliphatic heterocycles. The van der Waals surface area contributed by atoms with Gasteiger partial charge < -0.3 is 9.47 Å². The first kappa shape index (κ1) is 18.2. The van der Waals surface area contributed by atoms with Gasteiger partial charge in [-0.25, -0.2) is 4.98 Å². The third-order valence-electron chi connectivity index (χ3n) is 5.93. The van der Waals surface area contributed by atoms with E-state index in [2.05, 4.69) is 45.4 Å². The summed E-state index contributed by atoms with van der Waals surface area (Å²) in [6, 6.07) is 3.04. The van der Waals surface area contributed by atoms with Gasteiger partial charge >= 0.3 is 0 Å². The van der Waals surface area contributed by atoms with Crippen molar-refractivity contribution in [3.05, 3.63) is 35.7 Å². The Hall–Kier alpha value is -2.15. The maximum Gasteiger partial charge on any atom is 0.274 e. The number of carbonyl (C=O) groups is 1. The second-order valence-corrected chi connectivity index (χ2v) is 8.29. The molecule has 146 valence electrons. The van der Waals surface area contributed by atoms with Crippen molar-refractivity contribution in [1.82, 2.24) is 29.5 Å². The number of hydrogen-bond donors (Lipinski definition) is 1. The molecule has 7 nitrogen and oxygen atoms in total. The molecule has 0 aliphatic carbocycles. The Balaban J connectivity index is 1.35. The fourth-order valence-corrected chi connectivity index (χ4v) is 4.35. The summed E-state index contributed by atoms with van der Waals surface area (Å²) in [4.78, 5) is 21.6. The fraction of sp³-hybridized carbons (Fsp3) is 0.650. The van der Waals surface area contributed by atoms with Crippen molar-refractivity contribution in [2.24, 2.45) is 0 Å². The number of H-pyrrole nitrogens is 1. The fourth-order valence-electron chi connectivity index (χ4n) is 4.35. The molecule has 0 saturated carbocycles. The number of nitrogens with zero attached hydrogens (tertiary/aromatic N) is 5. The highest BCUT2D eigenvalue weighted by Gasteiger charge is 2.38. The van der Waals surface area contributed by atoms with E-state index in [1.54, 1.807) is 0 Å². The number of hydrogen-bond acceptors (Lipinski definition) is 4. The molecule has 0 radical (unpaired) electrons. The number of aromatic amines is 1. The summed E-state index contributed by atoms with van der Waals surface area (Å²) >= 11 is 0. The van der Waals surface area contributed by atoms with Crippen LogP contribution in [-0.4, -0.2) is 67.2 Å². The molecule has 1 N–H and O–H groups in total. The van der Waals surface area contributed by atoms with Gasteiger partial charge in [-0.15, -0.1) is 0 Å². The largest absolute Gasteiger partial charge is 0.334 e. The lowest BCUT2D eigenvalue weighted by Gasteiger charge is -2.49. The first-order valence-corrected chi connectivity index (χ1v) is 10.1. The zero-order chi connectivity index (χ0) is 19.0. The summed E-state index contributed by atoms with van der Waals surface area (Å²) in [5.74, 6) is 1.44. The lowest BCUT2D eigenvalue weighted by Crippen LogP contribution is -2.63. The number of likely N-dealkylation sites (tertiary alicyclic amines) is 2. The zero-order valence-corrected chi connectivity index (χ0v) is 16.6. The van der Waals surface area contributed by atoms with Gasteiger partial charge in [-0.2, -0.15) is 5.10 Å². The number of amides is 1. The molecule has 0 bridgehead atoms. The Morgan fingerprint density at radius 3 is 2.89 bits per heavy atom. The molecule has 0 spiro atoms. The predicted octanol–water partition coefficient (Wildman–Crippen LogP) is 2.48. The quantitative estimate of drug-likeness (QED) is 0.878. The molecule has 2 aromatic heterocycles. The van der Waals surface area contributed by atoms with Gasteiger partial charge in [0.15, 0.2) is 0 Å². The standard InChI is InChI=1S/C20H30N6O/c1-14(2)19-21-7-9-24(19)11-16-10-18(23-22-16)20(27)25-12-17(13-25)26-8-5-4-6-15(26)3/h7,9-10,14-15,17H,4-6,8,11-13H2,1-3H3,(H,22,23)/t15-/m1/s1. The minimum atomic E-state index is 0.0353. The van der Waals surface area contributed by atoms with E-state index in [0.29, 0.717) is 30.2 Å². The van der Waals surface area contributed by atoms with Crippen LogP contribution in [0.1, 0.15) is 68.0 Å².